The summed E-state index contributed by atoms with van der Waals surface area (Å²) in [5.41, 5.74) is 0. The average Bonchev–Trinajstić information content (AvgIpc) is 2.78. The van der Waals surface area contributed by atoms with Crippen LogP contribution in [0.4, 0.5) is 13.6 Å². The molecule has 2 rings (SSSR count). The van der Waals surface area contributed by atoms with Gasteiger partial charge in [0, 0.05) is 12.0 Å². The smallest absolute Gasteiger partial charge is 0.404 e. The molecule has 0 unspecified atom stereocenters. The summed E-state index contributed by atoms with van der Waals surface area (Å²) in [7, 11) is 0. The Labute approximate surface area is 106 Å². The van der Waals surface area contributed by atoms with E-state index < -0.39 is 12.5 Å². The van der Waals surface area contributed by atoms with Crippen molar-refractivity contribution in [3.8, 4) is 0 Å². The van der Waals surface area contributed by atoms with Gasteiger partial charge in [-0.25, -0.2) is 13.6 Å². The first-order valence-corrected chi connectivity index (χ1v) is 6.49. The van der Waals surface area contributed by atoms with Crippen LogP contribution < -0.4 is 5.32 Å². The lowest BCUT2D eigenvalue weighted by Crippen LogP contribution is -2.36. The summed E-state index contributed by atoms with van der Waals surface area (Å²) in [6.07, 6.45) is -0.664. The first-order valence-electron chi connectivity index (χ1n) is 5.67. The van der Waals surface area contributed by atoms with Crippen LogP contribution in [0, 0.1) is 0 Å². The average molecular weight is 277 g/mol. The number of aromatic nitrogens is 2. The van der Waals surface area contributed by atoms with E-state index in [1.165, 1.54) is 0 Å². The van der Waals surface area contributed by atoms with E-state index in [9.17, 15) is 13.6 Å². The van der Waals surface area contributed by atoms with E-state index in [-0.39, 0.29) is 17.0 Å². The molecule has 2 N–H and O–H groups in total. The second-order valence-electron chi connectivity index (χ2n) is 4.28. The fraction of sp³-hybridized carbons (Fsp3) is 0.700. The van der Waals surface area contributed by atoms with Gasteiger partial charge in [-0.2, -0.15) is 0 Å². The number of carbonyl (C=O) groups is 1. The van der Waals surface area contributed by atoms with Crippen LogP contribution in [0.2, 0.25) is 0 Å². The van der Waals surface area contributed by atoms with E-state index >= 15 is 0 Å². The molecule has 1 amide bonds. The third-order valence-electron chi connectivity index (χ3n) is 3.05. The predicted octanol–water partition coefficient (Wildman–Crippen LogP) is 2.77. The van der Waals surface area contributed by atoms with Crippen LogP contribution in [0.3, 0.4) is 0 Å². The summed E-state index contributed by atoms with van der Waals surface area (Å²) in [6.45, 7) is 0. The topological polar surface area (TPSA) is 75.1 Å². The minimum Gasteiger partial charge on any atom is -0.465 e. The summed E-state index contributed by atoms with van der Waals surface area (Å²) in [4.78, 5) is 10.5. The van der Waals surface area contributed by atoms with Gasteiger partial charge >= 0.3 is 6.09 Å². The quantitative estimate of drug-likeness (QED) is 0.890. The Kier molecular flexibility index (Phi) is 4.05. The normalized spacial score (nSPS) is 24.2. The summed E-state index contributed by atoms with van der Waals surface area (Å²) >= 11 is 0.954. The van der Waals surface area contributed by atoms with Gasteiger partial charge in [-0.3, -0.25) is 0 Å². The van der Waals surface area contributed by atoms with Gasteiger partial charge in [0.1, 0.15) is 5.01 Å². The molecule has 5 nitrogen and oxygen atoms in total. The number of rotatable bonds is 3. The molecule has 8 heteroatoms. The maximum absolute atomic E-state index is 12.4. The van der Waals surface area contributed by atoms with Gasteiger partial charge < -0.3 is 10.4 Å². The Morgan fingerprint density at radius 2 is 2.00 bits per heavy atom. The van der Waals surface area contributed by atoms with Gasteiger partial charge in [0.05, 0.1) is 0 Å². The molecule has 0 radical (unpaired) electrons. The second-order valence-corrected chi connectivity index (χ2v) is 5.32. The van der Waals surface area contributed by atoms with E-state index in [4.69, 9.17) is 5.11 Å². The highest BCUT2D eigenvalue weighted by molar-refractivity contribution is 7.11. The van der Waals surface area contributed by atoms with Crippen LogP contribution in [0.15, 0.2) is 0 Å². The van der Waals surface area contributed by atoms with Gasteiger partial charge in [0.2, 0.25) is 0 Å². The lowest BCUT2D eigenvalue weighted by Gasteiger charge is -2.26. The van der Waals surface area contributed by atoms with Crippen molar-refractivity contribution in [3.63, 3.8) is 0 Å². The van der Waals surface area contributed by atoms with Crippen molar-refractivity contribution in [2.45, 2.75) is 44.1 Å². The van der Waals surface area contributed by atoms with Gasteiger partial charge in [-0.05, 0) is 25.7 Å². The van der Waals surface area contributed by atoms with Crippen molar-refractivity contribution in [2.75, 3.05) is 0 Å². The summed E-state index contributed by atoms with van der Waals surface area (Å²) < 4.78 is 24.8. The summed E-state index contributed by atoms with van der Waals surface area (Å²) in [6, 6.07) is -0.0405. The lowest BCUT2D eigenvalue weighted by atomic mass is 9.86. The second kappa shape index (κ2) is 5.55. The van der Waals surface area contributed by atoms with E-state index in [0.29, 0.717) is 17.8 Å². The van der Waals surface area contributed by atoms with Gasteiger partial charge in [0.15, 0.2) is 5.01 Å². The minimum atomic E-state index is -2.57. The highest BCUT2D eigenvalue weighted by Gasteiger charge is 2.26. The molecule has 0 aliphatic heterocycles. The molecule has 1 aliphatic carbocycles. The van der Waals surface area contributed by atoms with Crippen molar-refractivity contribution >= 4 is 17.4 Å². The molecule has 1 heterocycles. The van der Waals surface area contributed by atoms with Crippen LogP contribution in [0.1, 0.15) is 48.0 Å². The number of hydrogen-bond donors (Lipinski definition) is 2. The highest BCUT2D eigenvalue weighted by Crippen LogP contribution is 2.35. The van der Waals surface area contributed by atoms with Gasteiger partial charge in [-0.1, -0.05) is 11.3 Å². The van der Waals surface area contributed by atoms with E-state index in [0.717, 1.165) is 24.2 Å². The molecule has 1 fully saturated rings. The zero-order valence-electron chi connectivity index (χ0n) is 9.47. The summed E-state index contributed by atoms with van der Waals surface area (Å²) in [5, 5.41) is 18.7. The van der Waals surface area contributed by atoms with Crippen LogP contribution in [-0.4, -0.2) is 27.4 Å². The van der Waals surface area contributed by atoms with Crippen molar-refractivity contribution in [1.29, 1.82) is 0 Å². The van der Waals surface area contributed by atoms with Crippen LogP contribution in [-0.2, 0) is 0 Å². The Hall–Kier alpha value is -1.31. The number of nitrogens with one attached hydrogen (secondary N) is 1. The zero-order valence-corrected chi connectivity index (χ0v) is 10.3. The number of nitrogens with zero attached hydrogens (tertiary/aromatic N) is 2. The number of alkyl halides is 2. The molecular weight excluding hydrogens is 264 g/mol. The van der Waals surface area contributed by atoms with Gasteiger partial charge in [-0.15, -0.1) is 10.2 Å². The zero-order chi connectivity index (χ0) is 13.1. The largest absolute Gasteiger partial charge is 0.465 e. The number of amides is 1. The number of halogens is 2. The molecule has 1 aliphatic rings. The first kappa shape index (κ1) is 13.1. The fourth-order valence-corrected chi connectivity index (χ4v) is 3.03. The summed E-state index contributed by atoms with van der Waals surface area (Å²) in [5.74, 6) is 0.127. The van der Waals surface area contributed by atoms with Crippen molar-refractivity contribution in [2.24, 2.45) is 0 Å². The molecule has 0 saturated heterocycles. The Morgan fingerprint density at radius 1 is 1.33 bits per heavy atom. The molecule has 1 aromatic heterocycles. The molecule has 1 saturated carbocycles. The van der Waals surface area contributed by atoms with E-state index in [2.05, 4.69) is 15.5 Å². The van der Waals surface area contributed by atoms with E-state index in [1.807, 2.05) is 0 Å². The number of carboxylic acid groups (broad SMARTS) is 1. The molecule has 18 heavy (non-hydrogen) atoms. The molecule has 0 aromatic carbocycles. The molecule has 0 spiro atoms. The minimum absolute atomic E-state index is 0.0405. The third kappa shape index (κ3) is 3.12. The van der Waals surface area contributed by atoms with E-state index in [1.54, 1.807) is 0 Å². The van der Waals surface area contributed by atoms with Crippen molar-refractivity contribution in [1.82, 2.24) is 15.5 Å². The molecular formula is C10H13F2N3O2S. The lowest BCUT2D eigenvalue weighted by molar-refractivity contribution is 0.150. The highest BCUT2D eigenvalue weighted by atomic mass is 32.1. The molecule has 1 aromatic rings. The molecule has 0 bridgehead atoms. The Bertz CT molecular complexity index is 419. The Balaban J connectivity index is 1.90. The van der Waals surface area contributed by atoms with Crippen LogP contribution >= 0.6 is 11.3 Å². The fourth-order valence-electron chi connectivity index (χ4n) is 2.16. The van der Waals surface area contributed by atoms with Crippen LogP contribution in [0.25, 0.3) is 0 Å². The maximum Gasteiger partial charge on any atom is 0.404 e. The first-order chi connectivity index (χ1) is 8.56. The third-order valence-corrected chi connectivity index (χ3v) is 4.14. The maximum atomic E-state index is 12.4. The van der Waals surface area contributed by atoms with Crippen molar-refractivity contribution in [3.05, 3.63) is 10.0 Å². The predicted molar refractivity (Wildman–Crippen MR) is 61.0 cm³/mol. The van der Waals surface area contributed by atoms with Gasteiger partial charge in [0.25, 0.3) is 6.43 Å². The standard InChI is InChI=1S/C10H13F2N3O2S/c11-7(12)9-15-14-8(18-9)5-1-3-6(4-2-5)13-10(16)17/h5-7,13H,1-4H2,(H,16,17). The SMILES string of the molecule is O=C(O)NC1CCC(c2nnc(C(F)F)s2)CC1. The monoisotopic (exact) mass is 277 g/mol. The molecule has 0 atom stereocenters. The number of hydrogen-bond acceptors (Lipinski definition) is 4. The Morgan fingerprint density at radius 3 is 2.50 bits per heavy atom. The molecule has 100 valence electrons. The van der Waals surface area contributed by atoms with Crippen molar-refractivity contribution < 1.29 is 18.7 Å². The van der Waals surface area contributed by atoms with Crippen LogP contribution in [0.5, 0.6) is 0 Å².